The van der Waals surface area contributed by atoms with Gasteiger partial charge in [0.2, 0.25) is 5.91 Å². The first-order valence-electron chi connectivity index (χ1n) is 9.57. The zero-order chi connectivity index (χ0) is 20.1. The maximum absolute atomic E-state index is 12.4. The summed E-state index contributed by atoms with van der Waals surface area (Å²) in [5.41, 5.74) is 1.42. The second-order valence-corrected chi connectivity index (χ2v) is 7.41. The molecule has 7 nitrogen and oxygen atoms in total. The third kappa shape index (κ3) is 4.52. The molecule has 0 spiro atoms. The second kappa shape index (κ2) is 8.46. The van der Waals surface area contributed by atoms with Gasteiger partial charge >= 0.3 is 5.97 Å². The number of aryl methyl sites for hydroxylation is 2. The van der Waals surface area contributed by atoms with Crippen molar-refractivity contribution in [3.63, 3.8) is 0 Å². The van der Waals surface area contributed by atoms with Gasteiger partial charge in [0.25, 0.3) is 0 Å². The molecule has 1 fully saturated rings. The Kier molecular flexibility index (Phi) is 6.02. The number of carboxylic acid groups (broad SMARTS) is 1. The van der Waals surface area contributed by atoms with E-state index in [4.69, 9.17) is 9.26 Å². The number of aromatic nitrogens is 1. The van der Waals surface area contributed by atoms with Gasteiger partial charge in [-0.1, -0.05) is 36.6 Å². The molecule has 3 rings (SSSR count). The first-order chi connectivity index (χ1) is 13.4. The molecule has 28 heavy (non-hydrogen) atoms. The van der Waals surface area contributed by atoms with E-state index in [-0.39, 0.29) is 12.3 Å². The number of nitrogens with one attached hydrogen (secondary N) is 1. The number of carbonyl (C=O) groups is 2. The van der Waals surface area contributed by atoms with Crippen LogP contribution >= 0.6 is 0 Å². The standard InChI is InChI=1S/C21H26N2O5/c1-14-18(15(2)28-23-14)13-27-17-8-6-16(7-9-17)12-19(24)22-21(20(25)26)10-4-3-5-11-21/h6-9H,3-5,10-13H2,1-2H3,(H,22,24)(H,25,26). The van der Waals surface area contributed by atoms with E-state index in [1.165, 1.54) is 0 Å². The number of rotatable bonds is 7. The summed E-state index contributed by atoms with van der Waals surface area (Å²) < 4.78 is 10.9. The number of hydrogen-bond donors (Lipinski definition) is 2. The Bertz CT molecular complexity index is 815. The van der Waals surface area contributed by atoms with Gasteiger partial charge < -0.3 is 19.7 Å². The van der Waals surface area contributed by atoms with Gasteiger partial charge in [0, 0.05) is 0 Å². The fourth-order valence-corrected chi connectivity index (χ4v) is 3.61. The molecule has 0 radical (unpaired) electrons. The summed E-state index contributed by atoms with van der Waals surface area (Å²) in [6, 6.07) is 7.23. The molecule has 2 aromatic rings. The van der Waals surface area contributed by atoms with E-state index in [0.717, 1.165) is 41.8 Å². The second-order valence-electron chi connectivity index (χ2n) is 7.41. The number of nitrogens with zero attached hydrogens (tertiary/aromatic N) is 1. The number of hydrogen-bond acceptors (Lipinski definition) is 5. The number of aliphatic carboxylic acids is 1. The largest absolute Gasteiger partial charge is 0.489 e. The fraction of sp³-hybridized carbons (Fsp3) is 0.476. The van der Waals surface area contributed by atoms with Crippen molar-refractivity contribution in [3.8, 4) is 5.75 Å². The Hall–Kier alpha value is -2.83. The van der Waals surface area contributed by atoms with Crippen molar-refractivity contribution in [1.29, 1.82) is 0 Å². The van der Waals surface area contributed by atoms with Gasteiger partial charge in [-0.05, 0) is 44.4 Å². The summed E-state index contributed by atoms with van der Waals surface area (Å²) in [7, 11) is 0. The Morgan fingerprint density at radius 1 is 1.18 bits per heavy atom. The lowest BCUT2D eigenvalue weighted by molar-refractivity contribution is -0.149. The molecule has 2 N–H and O–H groups in total. The number of amides is 1. The molecule has 0 unspecified atom stereocenters. The zero-order valence-corrected chi connectivity index (χ0v) is 16.3. The molecule has 1 aromatic heterocycles. The minimum Gasteiger partial charge on any atom is -0.489 e. The summed E-state index contributed by atoms with van der Waals surface area (Å²) in [4.78, 5) is 24.1. The average Bonchev–Trinajstić information content (AvgIpc) is 2.99. The van der Waals surface area contributed by atoms with E-state index in [1.807, 2.05) is 26.0 Å². The lowest BCUT2D eigenvalue weighted by Gasteiger charge is -2.34. The van der Waals surface area contributed by atoms with E-state index >= 15 is 0 Å². The smallest absolute Gasteiger partial charge is 0.329 e. The molecule has 0 aliphatic heterocycles. The van der Waals surface area contributed by atoms with Crippen LogP contribution in [0.2, 0.25) is 0 Å². The first kappa shape index (κ1) is 19.9. The molecule has 7 heteroatoms. The van der Waals surface area contributed by atoms with Crippen LogP contribution in [-0.4, -0.2) is 27.7 Å². The van der Waals surface area contributed by atoms with Crippen molar-refractivity contribution in [1.82, 2.24) is 10.5 Å². The zero-order valence-electron chi connectivity index (χ0n) is 16.3. The van der Waals surface area contributed by atoms with Gasteiger partial charge in [-0.2, -0.15) is 0 Å². The van der Waals surface area contributed by atoms with Crippen molar-refractivity contribution < 1.29 is 24.0 Å². The van der Waals surface area contributed by atoms with Gasteiger partial charge in [0.05, 0.1) is 17.7 Å². The van der Waals surface area contributed by atoms with Gasteiger partial charge in [0.15, 0.2) is 0 Å². The summed E-state index contributed by atoms with van der Waals surface area (Å²) in [5, 5.41) is 16.2. The highest BCUT2D eigenvalue weighted by Crippen LogP contribution is 2.28. The van der Waals surface area contributed by atoms with Crippen LogP contribution in [0.4, 0.5) is 0 Å². The third-order valence-electron chi connectivity index (χ3n) is 5.35. The highest BCUT2D eigenvalue weighted by Gasteiger charge is 2.40. The molecule has 0 bridgehead atoms. The normalized spacial score (nSPS) is 15.8. The Labute approximate surface area is 164 Å². The van der Waals surface area contributed by atoms with Crippen LogP contribution in [0.1, 0.15) is 54.7 Å². The molecular formula is C21H26N2O5. The monoisotopic (exact) mass is 386 g/mol. The van der Waals surface area contributed by atoms with Crippen LogP contribution in [-0.2, 0) is 22.6 Å². The van der Waals surface area contributed by atoms with E-state index in [0.29, 0.717) is 25.2 Å². The Morgan fingerprint density at radius 3 is 2.43 bits per heavy atom. The molecule has 0 saturated heterocycles. The Balaban J connectivity index is 1.56. The molecule has 1 aliphatic rings. The van der Waals surface area contributed by atoms with Gasteiger partial charge in [-0.15, -0.1) is 0 Å². The quantitative estimate of drug-likeness (QED) is 0.757. The summed E-state index contributed by atoms with van der Waals surface area (Å²) in [6.45, 7) is 4.08. The number of carboxylic acids is 1. The summed E-state index contributed by atoms with van der Waals surface area (Å²) in [5.74, 6) is 0.205. The van der Waals surface area contributed by atoms with Crippen LogP contribution in [0.15, 0.2) is 28.8 Å². The van der Waals surface area contributed by atoms with Crippen LogP contribution in [0, 0.1) is 13.8 Å². The van der Waals surface area contributed by atoms with E-state index < -0.39 is 11.5 Å². The topological polar surface area (TPSA) is 102 Å². The van der Waals surface area contributed by atoms with Gasteiger partial charge in [0.1, 0.15) is 23.7 Å². The fourth-order valence-electron chi connectivity index (χ4n) is 3.61. The van der Waals surface area contributed by atoms with Gasteiger partial charge in [-0.3, -0.25) is 4.79 Å². The lowest BCUT2D eigenvalue weighted by Crippen LogP contribution is -2.55. The molecule has 1 aromatic carbocycles. The van der Waals surface area contributed by atoms with Crippen LogP contribution in [0.25, 0.3) is 0 Å². The highest BCUT2D eigenvalue weighted by atomic mass is 16.5. The van der Waals surface area contributed by atoms with E-state index in [1.54, 1.807) is 12.1 Å². The minimum atomic E-state index is -1.12. The molecule has 1 amide bonds. The van der Waals surface area contributed by atoms with Crippen LogP contribution in [0.5, 0.6) is 5.75 Å². The highest BCUT2D eigenvalue weighted by molar-refractivity contribution is 5.88. The van der Waals surface area contributed by atoms with Crippen molar-refractivity contribution >= 4 is 11.9 Å². The molecule has 1 heterocycles. The average molecular weight is 386 g/mol. The minimum absolute atomic E-state index is 0.138. The number of benzene rings is 1. The van der Waals surface area contributed by atoms with Crippen LogP contribution < -0.4 is 10.1 Å². The molecular weight excluding hydrogens is 360 g/mol. The third-order valence-corrected chi connectivity index (χ3v) is 5.35. The SMILES string of the molecule is Cc1noc(C)c1COc1ccc(CC(=O)NC2(C(=O)O)CCCCC2)cc1. The van der Waals surface area contributed by atoms with E-state index in [2.05, 4.69) is 10.5 Å². The first-order valence-corrected chi connectivity index (χ1v) is 9.57. The maximum atomic E-state index is 12.4. The summed E-state index contributed by atoms with van der Waals surface area (Å²) >= 11 is 0. The number of ether oxygens (including phenoxy) is 1. The van der Waals surface area contributed by atoms with Crippen molar-refractivity contribution in [2.45, 2.75) is 64.5 Å². The predicted molar refractivity (Wildman–Crippen MR) is 102 cm³/mol. The van der Waals surface area contributed by atoms with Crippen LogP contribution in [0.3, 0.4) is 0 Å². The molecule has 150 valence electrons. The van der Waals surface area contributed by atoms with E-state index in [9.17, 15) is 14.7 Å². The van der Waals surface area contributed by atoms with Crippen molar-refractivity contribution in [3.05, 3.63) is 46.8 Å². The predicted octanol–water partition coefficient (Wildman–Crippen LogP) is 3.32. The molecule has 0 atom stereocenters. The maximum Gasteiger partial charge on any atom is 0.329 e. The Morgan fingerprint density at radius 2 is 1.86 bits per heavy atom. The lowest BCUT2D eigenvalue weighted by atomic mass is 9.81. The van der Waals surface area contributed by atoms with Gasteiger partial charge in [-0.25, -0.2) is 4.79 Å². The van der Waals surface area contributed by atoms with Crippen molar-refractivity contribution in [2.24, 2.45) is 0 Å². The summed E-state index contributed by atoms with van der Waals surface area (Å²) in [6.07, 6.45) is 3.78. The molecule has 1 aliphatic carbocycles. The number of carbonyl (C=O) groups excluding carboxylic acids is 1. The molecule has 1 saturated carbocycles. The van der Waals surface area contributed by atoms with Crippen molar-refractivity contribution in [2.75, 3.05) is 0 Å².